The van der Waals surface area contributed by atoms with Crippen molar-refractivity contribution in [2.75, 3.05) is 25.0 Å². The predicted octanol–water partition coefficient (Wildman–Crippen LogP) is 2.92. The van der Waals surface area contributed by atoms with Crippen molar-refractivity contribution in [1.29, 1.82) is 0 Å². The van der Waals surface area contributed by atoms with E-state index in [1.54, 1.807) is 0 Å². The van der Waals surface area contributed by atoms with Crippen molar-refractivity contribution in [3.05, 3.63) is 27.8 Å². The van der Waals surface area contributed by atoms with Crippen LogP contribution in [-0.2, 0) is 0 Å². The molecule has 2 amide bonds. The van der Waals surface area contributed by atoms with Crippen LogP contribution in [0.2, 0.25) is 0 Å². The molecule has 2 rings (SSSR count). The van der Waals surface area contributed by atoms with Crippen LogP contribution in [0.15, 0.2) is 24.3 Å². The van der Waals surface area contributed by atoms with Gasteiger partial charge in [0.1, 0.15) is 0 Å². The second kappa shape index (κ2) is 7.91. The molecule has 3 N–H and O–H groups in total. The minimum Gasteiger partial charge on any atom is -0.330 e. The molecule has 19 heavy (non-hydrogen) atoms. The summed E-state index contributed by atoms with van der Waals surface area (Å²) < 4.78 is 1.16. The monoisotopic (exact) mass is 395 g/mol. The van der Waals surface area contributed by atoms with Crippen LogP contribution < -0.4 is 11.1 Å². The van der Waals surface area contributed by atoms with Crippen molar-refractivity contribution in [3.63, 3.8) is 0 Å². The summed E-state index contributed by atoms with van der Waals surface area (Å²) in [6.07, 6.45) is 2.17. The number of hydrogen-bond acceptors (Lipinski definition) is 2. The predicted molar refractivity (Wildman–Crippen MR) is 88.8 cm³/mol. The zero-order valence-electron chi connectivity index (χ0n) is 10.6. The third kappa shape index (κ3) is 4.81. The molecular weight excluding hydrogens is 377 g/mol. The first kappa shape index (κ1) is 16.5. The Bertz CT molecular complexity index is 413. The summed E-state index contributed by atoms with van der Waals surface area (Å²) in [6, 6.07) is 7.78. The number of anilines is 1. The lowest BCUT2D eigenvalue weighted by Crippen LogP contribution is -2.44. The molecule has 1 saturated heterocycles. The van der Waals surface area contributed by atoms with Crippen LogP contribution in [0.25, 0.3) is 0 Å². The molecule has 6 heteroatoms. The quantitative estimate of drug-likeness (QED) is 0.757. The number of carbonyl (C=O) groups excluding carboxylic acids is 1. The van der Waals surface area contributed by atoms with Crippen molar-refractivity contribution in [2.45, 2.75) is 12.8 Å². The van der Waals surface area contributed by atoms with Crippen molar-refractivity contribution < 1.29 is 4.79 Å². The number of halogens is 2. The average molecular weight is 396 g/mol. The van der Waals surface area contributed by atoms with Gasteiger partial charge in [0.05, 0.1) is 0 Å². The number of likely N-dealkylation sites (tertiary alicyclic amines) is 1. The second-order valence-electron chi connectivity index (χ2n) is 4.63. The normalized spacial score (nSPS) is 18.6. The van der Waals surface area contributed by atoms with Gasteiger partial charge in [0.25, 0.3) is 0 Å². The van der Waals surface area contributed by atoms with E-state index < -0.39 is 0 Å². The van der Waals surface area contributed by atoms with E-state index in [0.717, 1.165) is 35.2 Å². The van der Waals surface area contributed by atoms with E-state index in [0.29, 0.717) is 12.5 Å². The first-order valence-corrected chi connectivity index (χ1v) is 7.28. The van der Waals surface area contributed by atoms with Gasteiger partial charge in [-0.2, -0.15) is 0 Å². The Labute approximate surface area is 133 Å². The number of benzene rings is 1. The number of amides is 2. The molecule has 1 aromatic carbocycles. The van der Waals surface area contributed by atoms with Crippen molar-refractivity contribution in [2.24, 2.45) is 11.7 Å². The molecule has 0 unspecified atom stereocenters. The van der Waals surface area contributed by atoms with E-state index in [1.807, 2.05) is 29.2 Å². The number of nitrogens with one attached hydrogen (secondary N) is 1. The number of rotatable bonds is 2. The minimum absolute atomic E-state index is 0. The third-order valence-electron chi connectivity index (χ3n) is 3.24. The maximum atomic E-state index is 12.1. The molecule has 1 fully saturated rings. The summed E-state index contributed by atoms with van der Waals surface area (Å²) in [5.74, 6) is 0.446. The summed E-state index contributed by atoms with van der Waals surface area (Å²) in [6.45, 7) is 2.26. The summed E-state index contributed by atoms with van der Waals surface area (Å²) in [7, 11) is 0. The average Bonchev–Trinajstić information content (AvgIpc) is 2.41. The molecule has 1 aliphatic rings. The van der Waals surface area contributed by atoms with E-state index in [9.17, 15) is 4.79 Å². The van der Waals surface area contributed by atoms with Crippen LogP contribution in [0.3, 0.4) is 0 Å². The van der Waals surface area contributed by atoms with Gasteiger partial charge in [0.15, 0.2) is 0 Å². The number of nitrogens with two attached hydrogens (primary N) is 1. The maximum absolute atomic E-state index is 12.1. The van der Waals surface area contributed by atoms with E-state index in [4.69, 9.17) is 5.73 Å². The van der Waals surface area contributed by atoms with Gasteiger partial charge in [0.2, 0.25) is 0 Å². The molecule has 1 aliphatic heterocycles. The zero-order valence-corrected chi connectivity index (χ0v) is 13.6. The SMILES string of the molecule is Cl.NC[C@@H]1CCCN(C(=O)Nc2ccc(I)cc2)C1. The highest BCUT2D eigenvalue weighted by atomic mass is 127. The van der Waals surface area contributed by atoms with Crippen molar-refractivity contribution in [3.8, 4) is 0 Å². The zero-order chi connectivity index (χ0) is 13.0. The van der Waals surface area contributed by atoms with E-state index in [-0.39, 0.29) is 18.4 Å². The number of carbonyl (C=O) groups is 1. The number of nitrogens with zero attached hydrogens (tertiary/aromatic N) is 1. The van der Waals surface area contributed by atoms with Gasteiger partial charge < -0.3 is 16.0 Å². The molecule has 0 aromatic heterocycles. The summed E-state index contributed by atoms with van der Waals surface area (Å²) in [4.78, 5) is 13.9. The molecule has 0 bridgehead atoms. The van der Waals surface area contributed by atoms with E-state index in [2.05, 4.69) is 27.9 Å². The largest absolute Gasteiger partial charge is 0.330 e. The molecule has 0 radical (unpaired) electrons. The molecule has 0 aliphatic carbocycles. The van der Waals surface area contributed by atoms with Gasteiger partial charge in [-0.1, -0.05) is 0 Å². The summed E-state index contributed by atoms with van der Waals surface area (Å²) in [5, 5.41) is 2.93. The first-order chi connectivity index (χ1) is 8.69. The van der Waals surface area contributed by atoms with Crippen molar-refractivity contribution in [1.82, 2.24) is 4.90 Å². The fourth-order valence-corrected chi connectivity index (χ4v) is 2.54. The second-order valence-corrected chi connectivity index (χ2v) is 5.87. The molecular formula is C13H19ClIN3O. The topological polar surface area (TPSA) is 58.4 Å². The highest BCUT2D eigenvalue weighted by molar-refractivity contribution is 14.1. The van der Waals surface area contributed by atoms with Crippen LogP contribution in [0.4, 0.5) is 10.5 Å². The number of urea groups is 1. The van der Waals surface area contributed by atoms with Crippen LogP contribution in [0, 0.1) is 9.49 Å². The van der Waals surface area contributed by atoms with Crippen LogP contribution in [0.5, 0.6) is 0 Å². The van der Waals surface area contributed by atoms with Gasteiger partial charge in [-0.15, -0.1) is 12.4 Å². The Morgan fingerprint density at radius 3 is 2.74 bits per heavy atom. The van der Waals surface area contributed by atoms with Gasteiger partial charge in [-0.25, -0.2) is 4.79 Å². The Morgan fingerprint density at radius 2 is 2.11 bits per heavy atom. The smallest absolute Gasteiger partial charge is 0.321 e. The van der Waals surface area contributed by atoms with Crippen LogP contribution in [0.1, 0.15) is 12.8 Å². The highest BCUT2D eigenvalue weighted by Crippen LogP contribution is 2.17. The van der Waals surface area contributed by atoms with Gasteiger partial charge in [0, 0.05) is 22.3 Å². The Kier molecular flexibility index (Phi) is 6.88. The standard InChI is InChI=1S/C13H18IN3O.ClH/c14-11-3-5-12(6-4-11)16-13(18)17-7-1-2-10(8-15)9-17;/h3-6,10H,1-2,7-9,15H2,(H,16,18);1H/t10-;/m0./s1. The summed E-state index contributed by atoms with van der Waals surface area (Å²) in [5.41, 5.74) is 6.52. The molecule has 106 valence electrons. The Hall–Kier alpha value is -0.530. The molecule has 4 nitrogen and oxygen atoms in total. The van der Waals surface area contributed by atoms with E-state index >= 15 is 0 Å². The fraction of sp³-hybridized carbons (Fsp3) is 0.462. The summed E-state index contributed by atoms with van der Waals surface area (Å²) >= 11 is 2.24. The molecule has 1 aromatic rings. The Morgan fingerprint density at radius 1 is 1.42 bits per heavy atom. The van der Waals surface area contributed by atoms with Gasteiger partial charge in [-0.05, 0) is 72.2 Å². The molecule has 1 atom stereocenters. The minimum atomic E-state index is -0.0191. The lowest BCUT2D eigenvalue weighted by Gasteiger charge is -2.32. The lowest BCUT2D eigenvalue weighted by atomic mass is 9.99. The van der Waals surface area contributed by atoms with E-state index in [1.165, 1.54) is 0 Å². The first-order valence-electron chi connectivity index (χ1n) is 6.20. The highest BCUT2D eigenvalue weighted by Gasteiger charge is 2.22. The lowest BCUT2D eigenvalue weighted by molar-refractivity contribution is 0.179. The van der Waals surface area contributed by atoms with Gasteiger partial charge in [-0.3, -0.25) is 0 Å². The molecule has 0 spiro atoms. The third-order valence-corrected chi connectivity index (χ3v) is 3.95. The molecule has 1 heterocycles. The van der Waals surface area contributed by atoms with Gasteiger partial charge >= 0.3 is 6.03 Å². The van der Waals surface area contributed by atoms with Crippen molar-refractivity contribution >= 4 is 46.7 Å². The maximum Gasteiger partial charge on any atom is 0.321 e. The number of hydrogen-bond donors (Lipinski definition) is 2. The van der Waals surface area contributed by atoms with Crippen LogP contribution in [-0.4, -0.2) is 30.6 Å². The number of piperidine rings is 1. The fourth-order valence-electron chi connectivity index (χ4n) is 2.18. The Balaban J connectivity index is 0.00000180. The van der Waals surface area contributed by atoms with Crippen LogP contribution >= 0.6 is 35.0 Å². The molecule has 0 saturated carbocycles.